The van der Waals surface area contributed by atoms with Crippen LogP contribution in [0, 0.1) is 23.5 Å². The molecule has 0 spiro atoms. The number of nitrogens with zero attached hydrogens (tertiary/aromatic N) is 6. The van der Waals surface area contributed by atoms with E-state index in [9.17, 15) is 19.2 Å². The van der Waals surface area contributed by atoms with Gasteiger partial charge in [-0.3, -0.25) is 9.59 Å². The lowest BCUT2D eigenvalue weighted by molar-refractivity contribution is -0.136. The van der Waals surface area contributed by atoms with Gasteiger partial charge in [0.2, 0.25) is 11.8 Å². The molecule has 6 atom stereocenters. The Balaban J connectivity index is 0.976. The Labute approximate surface area is 416 Å². The van der Waals surface area contributed by atoms with Crippen LogP contribution in [0.5, 0.6) is 0 Å². The highest BCUT2D eigenvalue weighted by molar-refractivity contribution is 5.88. The number of halogens is 2. The molecule has 6 heterocycles. The number of aromatic amines is 2. The highest BCUT2D eigenvalue weighted by Crippen LogP contribution is 2.49. The number of benzene rings is 4. The average Bonchev–Trinajstić information content (AvgIpc) is 4.23. The molecular weight excluding hydrogens is 923 g/mol. The molecule has 4 amide bonds. The van der Waals surface area contributed by atoms with Gasteiger partial charge in [0.05, 0.1) is 60.5 Å². The van der Waals surface area contributed by atoms with Gasteiger partial charge in [-0.15, -0.1) is 0 Å². The Morgan fingerprint density at radius 2 is 1.07 bits per heavy atom. The molecule has 6 aromatic rings. The van der Waals surface area contributed by atoms with Crippen molar-refractivity contribution < 1.29 is 37.4 Å². The fraction of sp³-hybridized carbons (Fsp3) is 0.444. The van der Waals surface area contributed by atoms with E-state index in [1.807, 2.05) is 76.2 Å². The minimum atomic E-state index is -0.768. The van der Waals surface area contributed by atoms with E-state index in [1.165, 1.54) is 26.4 Å². The molecule has 3 fully saturated rings. The molecule has 0 saturated carbocycles. The minimum absolute atomic E-state index is 0.0551. The number of ether oxygens (including phenoxy) is 2. The molecule has 0 radical (unpaired) electrons. The summed E-state index contributed by atoms with van der Waals surface area (Å²) in [7, 11) is 2.55. The van der Waals surface area contributed by atoms with Crippen molar-refractivity contribution in [3.63, 3.8) is 0 Å². The van der Waals surface area contributed by atoms with Gasteiger partial charge in [0.25, 0.3) is 0 Å². The van der Waals surface area contributed by atoms with Crippen LogP contribution in [0.4, 0.5) is 29.7 Å². The molecule has 4 aromatic carbocycles. The Kier molecular flexibility index (Phi) is 13.3. The lowest BCUT2D eigenvalue weighted by atomic mass is 10.0. The third-order valence-corrected chi connectivity index (χ3v) is 15.1. The van der Waals surface area contributed by atoms with Gasteiger partial charge in [0.1, 0.15) is 29.4 Å². The smallest absolute Gasteiger partial charge is 0.407 e. The second-order valence-corrected chi connectivity index (χ2v) is 20.3. The fourth-order valence-corrected chi connectivity index (χ4v) is 11.5. The Morgan fingerprint density at radius 3 is 1.49 bits per heavy atom. The standard InChI is InChI=1S/C54H62F2N10O6/c1-29(2)46(61-53(69)71-5)51(67)64-21-9-13-44(64)49-57-38-17-15-31(23-40(38)59-49)42-19-20-43(66(42)35-25-36(55)48(37(56)26-35)63-27-33-11-7-8-12-34(33)28-63)32-16-18-39-41(24-32)60-50(58-39)45-14-10-22-65(45)52(68)47(30(3)4)62-54(70)72-6/h7-8,11-12,15-18,23-26,29-30,42-47H,9-10,13-14,19-22,27-28H2,1-6H3,(H,57,59)(H,58,60)(H,61,69)(H,62,70)/t42-,43-,44+,45+,46+,47+/m1/s1. The van der Waals surface area contributed by atoms with Gasteiger partial charge in [0.15, 0.2) is 11.6 Å². The van der Waals surface area contributed by atoms with Gasteiger partial charge in [-0.2, -0.15) is 0 Å². The number of H-pyrrole nitrogens is 2. The summed E-state index contributed by atoms with van der Waals surface area (Å²) in [4.78, 5) is 76.8. The van der Waals surface area contributed by atoms with Crippen LogP contribution in [0.25, 0.3) is 22.1 Å². The van der Waals surface area contributed by atoms with E-state index >= 15 is 8.78 Å². The van der Waals surface area contributed by atoms with E-state index in [1.54, 1.807) is 14.7 Å². The summed E-state index contributed by atoms with van der Waals surface area (Å²) in [5.74, 6) is -0.733. The van der Waals surface area contributed by atoms with E-state index in [2.05, 4.69) is 37.6 Å². The van der Waals surface area contributed by atoms with E-state index < -0.39 is 35.9 Å². The topological polar surface area (TPSA) is 181 Å². The number of amides is 4. The fourth-order valence-electron chi connectivity index (χ4n) is 11.5. The predicted molar refractivity (Wildman–Crippen MR) is 268 cm³/mol. The number of alkyl carbamates (subject to hydrolysis) is 2. The number of hydrogen-bond donors (Lipinski definition) is 4. The maximum Gasteiger partial charge on any atom is 0.407 e. The van der Waals surface area contributed by atoms with Crippen molar-refractivity contribution in [1.29, 1.82) is 0 Å². The van der Waals surface area contributed by atoms with Crippen molar-refractivity contribution in [2.75, 3.05) is 37.1 Å². The van der Waals surface area contributed by atoms with Gasteiger partial charge in [-0.05, 0) is 109 Å². The molecule has 0 aliphatic carbocycles. The van der Waals surface area contributed by atoms with Crippen molar-refractivity contribution >= 4 is 57.4 Å². The third kappa shape index (κ3) is 9.04. The molecule has 2 aromatic heterocycles. The van der Waals surface area contributed by atoms with E-state index in [4.69, 9.17) is 19.4 Å². The first-order valence-corrected chi connectivity index (χ1v) is 25.1. The number of anilines is 2. The highest BCUT2D eigenvalue weighted by atomic mass is 19.1. The largest absolute Gasteiger partial charge is 0.453 e. The predicted octanol–water partition coefficient (Wildman–Crippen LogP) is 9.41. The number of imidazole rings is 2. The number of hydrogen-bond acceptors (Lipinski definition) is 10. The van der Waals surface area contributed by atoms with Crippen molar-refractivity contribution in [2.24, 2.45) is 11.8 Å². The first kappa shape index (κ1) is 48.4. The van der Waals surface area contributed by atoms with E-state index in [0.717, 1.165) is 57.2 Å². The van der Waals surface area contributed by atoms with Crippen LogP contribution in [-0.4, -0.2) is 93.1 Å². The number of nitrogens with one attached hydrogen (secondary N) is 4. The molecule has 72 heavy (non-hydrogen) atoms. The molecule has 4 aliphatic rings. The molecular formula is C54H62F2N10O6. The molecule has 378 valence electrons. The van der Waals surface area contributed by atoms with Gasteiger partial charge in [0, 0.05) is 31.9 Å². The van der Waals surface area contributed by atoms with Crippen LogP contribution in [0.3, 0.4) is 0 Å². The quantitative estimate of drug-likeness (QED) is 0.0923. The summed E-state index contributed by atoms with van der Waals surface area (Å²) in [6, 6.07) is 20.0. The van der Waals surface area contributed by atoms with Gasteiger partial charge >= 0.3 is 12.2 Å². The second kappa shape index (κ2) is 19.8. The molecule has 0 bridgehead atoms. The first-order valence-electron chi connectivity index (χ1n) is 25.1. The average molecular weight is 985 g/mol. The van der Waals surface area contributed by atoms with Crippen molar-refractivity contribution in [3.05, 3.63) is 118 Å². The highest BCUT2D eigenvalue weighted by Gasteiger charge is 2.41. The number of rotatable bonds is 12. The zero-order valence-electron chi connectivity index (χ0n) is 41.5. The summed E-state index contributed by atoms with van der Waals surface area (Å²) < 4.78 is 43.0. The zero-order chi connectivity index (χ0) is 50.5. The van der Waals surface area contributed by atoms with Crippen molar-refractivity contribution in [3.8, 4) is 0 Å². The van der Waals surface area contributed by atoms with Crippen LogP contribution in [0.2, 0.25) is 0 Å². The van der Waals surface area contributed by atoms with E-state index in [-0.39, 0.29) is 53.5 Å². The number of fused-ring (bicyclic) bond motifs is 3. The molecule has 4 N–H and O–H groups in total. The maximum atomic E-state index is 16.7. The lowest BCUT2D eigenvalue weighted by Gasteiger charge is -2.34. The SMILES string of the molecule is COC(=O)N[C@H](C(=O)N1CCC[C@H]1c1nc2ccc([C@H]3CC[C@H](c4ccc5nc([C@@H]6CCCN6C(=O)[C@@H](NC(=O)OC)C(C)C)[nH]c5c4)N3c3cc(F)c(N4Cc5ccccc5C4)c(F)c3)cc2[nH]1)C(C)C. The van der Waals surface area contributed by atoms with Gasteiger partial charge < -0.3 is 49.7 Å². The number of methoxy groups -OCH3 is 2. The Bertz CT molecular complexity index is 2850. The lowest BCUT2D eigenvalue weighted by Crippen LogP contribution is -2.51. The number of likely N-dealkylation sites (tertiary alicyclic amines) is 2. The molecule has 4 aliphatic heterocycles. The Hall–Kier alpha value is -7.24. The van der Waals surface area contributed by atoms with Gasteiger partial charge in [-0.1, -0.05) is 64.1 Å². The van der Waals surface area contributed by atoms with Crippen molar-refractivity contribution in [2.45, 2.75) is 116 Å². The number of carbonyl (C=O) groups excluding carboxylic acids is 4. The summed E-state index contributed by atoms with van der Waals surface area (Å²) in [5.41, 5.74) is 7.28. The van der Waals surface area contributed by atoms with Crippen LogP contribution in [-0.2, 0) is 32.2 Å². The minimum Gasteiger partial charge on any atom is -0.453 e. The second-order valence-electron chi connectivity index (χ2n) is 20.3. The normalized spacial score (nSPS) is 20.8. The molecule has 16 nitrogen and oxygen atoms in total. The molecule has 3 saturated heterocycles. The summed E-state index contributed by atoms with van der Waals surface area (Å²) in [6.07, 6.45) is 2.94. The van der Waals surface area contributed by atoms with Crippen LogP contribution in [0.1, 0.15) is 124 Å². The Morgan fingerprint density at radius 1 is 0.625 bits per heavy atom. The number of aromatic nitrogens is 4. The molecule has 0 unspecified atom stereocenters. The summed E-state index contributed by atoms with van der Waals surface area (Å²) in [5, 5.41) is 5.42. The van der Waals surface area contributed by atoms with Crippen LogP contribution < -0.4 is 20.4 Å². The molecule has 18 heteroatoms. The molecule has 10 rings (SSSR count). The zero-order valence-corrected chi connectivity index (χ0v) is 41.5. The van der Waals surface area contributed by atoms with Gasteiger partial charge in [-0.25, -0.2) is 28.3 Å². The summed E-state index contributed by atoms with van der Waals surface area (Å²) in [6.45, 7) is 9.37. The monoisotopic (exact) mass is 984 g/mol. The van der Waals surface area contributed by atoms with Crippen LogP contribution >= 0.6 is 0 Å². The summed E-state index contributed by atoms with van der Waals surface area (Å²) >= 11 is 0. The van der Waals surface area contributed by atoms with Crippen LogP contribution in [0.15, 0.2) is 72.8 Å². The maximum absolute atomic E-state index is 16.7. The van der Waals surface area contributed by atoms with E-state index in [0.29, 0.717) is 69.2 Å². The van der Waals surface area contributed by atoms with Crippen molar-refractivity contribution in [1.82, 2.24) is 40.4 Å². The number of carbonyl (C=O) groups is 4. The third-order valence-electron chi connectivity index (χ3n) is 15.1. The first-order chi connectivity index (χ1) is 34.7.